The molecule has 130 valence electrons. The molecule has 1 unspecified atom stereocenters. The Labute approximate surface area is 141 Å². The van der Waals surface area contributed by atoms with Crippen molar-refractivity contribution < 1.29 is 14.0 Å². The molecule has 23 heavy (non-hydrogen) atoms. The second-order valence-corrected chi connectivity index (χ2v) is 9.92. The Hall–Kier alpha value is -0.790. The molecule has 0 aliphatic heterocycles. The SMILES string of the molecule is CCc1cc2c(c(CC)c1OP(C)(=O)O)C(C)(C)CCC2(C)C. The van der Waals surface area contributed by atoms with E-state index in [1.165, 1.54) is 17.8 Å². The van der Waals surface area contributed by atoms with E-state index in [0.29, 0.717) is 5.75 Å². The van der Waals surface area contributed by atoms with Crippen LogP contribution in [0.1, 0.15) is 76.6 Å². The monoisotopic (exact) mass is 338 g/mol. The number of aryl methyl sites for hydroxylation is 1. The molecule has 4 heteroatoms. The van der Waals surface area contributed by atoms with Crippen LogP contribution in [0.15, 0.2) is 6.07 Å². The number of fused-ring (bicyclic) bond motifs is 1. The van der Waals surface area contributed by atoms with Crippen molar-refractivity contribution in [1.82, 2.24) is 0 Å². The number of benzene rings is 1. The molecule has 0 amide bonds. The average Bonchev–Trinajstić information content (AvgIpc) is 2.41. The molecule has 1 aromatic carbocycles. The second-order valence-electron chi connectivity index (χ2n) is 8.14. The normalized spacial score (nSPS) is 21.4. The zero-order valence-electron chi connectivity index (χ0n) is 15.6. The molecule has 0 fully saturated rings. The Bertz CT molecular complexity index is 653. The van der Waals surface area contributed by atoms with E-state index in [1.807, 2.05) is 0 Å². The zero-order valence-corrected chi connectivity index (χ0v) is 16.5. The molecular formula is C19H31O3P. The number of hydrogen-bond acceptors (Lipinski definition) is 2. The first-order valence-electron chi connectivity index (χ1n) is 8.62. The highest BCUT2D eigenvalue weighted by atomic mass is 31.2. The Kier molecular flexibility index (Phi) is 4.78. The first-order valence-corrected chi connectivity index (χ1v) is 10.6. The minimum absolute atomic E-state index is 0.0633. The van der Waals surface area contributed by atoms with Crippen LogP contribution < -0.4 is 4.52 Å². The van der Waals surface area contributed by atoms with Crippen molar-refractivity contribution in [1.29, 1.82) is 0 Å². The first-order chi connectivity index (χ1) is 10.4. The van der Waals surface area contributed by atoms with Gasteiger partial charge < -0.3 is 9.42 Å². The van der Waals surface area contributed by atoms with Gasteiger partial charge in [-0.1, -0.05) is 47.6 Å². The second kappa shape index (κ2) is 5.93. The third-order valence-corrected chi connectivity index (χ3v) is 5.75. The van der Waals surface area contributed by atoms with Crippen LogP contribution in [0.3, 0.4) is 0 Å². The maximum atomic E-state index is 11.9. The fourth-order valence-corrected chi connectivity index (χ4v) is 4.42. The van der Waals surface area contributed by atoms with Crippen LogP contribution in [0, 0.1) is 0 Å². The molecule has 0 aromatic heterocycles. The first kappa shape index (κ1) is 18.5. The summed E-state index contributed by atoms with van der Waals surface area (Å²) in [6, 6.07) is 2.22. The van der Waals surface area contributed by atoms with Gasteiger partial charge in [0, 0.05) is 6.66 Å². The molecule has 3 nitrogen and oxygen atoms in total. The van der Waals surface area contributed by atoms with E-state index in [-0.39, 0.29) is 10.8 Å². The minimum atomic E-state index is -3.58. The van der Waals surface area contributed by atoms with E-state index >= 15 is 0 Å². The van der Waals surface area contributed by atoms with Crippen molar-refractivity contribution in [2.75, 3.05) is 6.66 Å². The van der Waals surface area contributed by atoms with Crippen LogP contribution >= 0.6 is 7.60 Å². The summed E-state index contributed by atoms with van der Waals surface area (Å²) in [7, 11) is -3.58. The van der Waals surface area contributed by atoms with E-state index in [9.17, 15) is 9.46 Å². The molecule has 0 saturated carbocycles. The van der Waals surface area contributed by atoms with Crippen LogP contribution in [-0.2, 0) is 28.2 Å². The Morgan fingerprint density at radius 3 is 2.17 bits per heavy atom. The Morgan fingerprint density at radius 1 is 1.13 bits per heavy atom. The van der Waals surface area contributed by atoms with E-state index in [1.54, 1.807) is 0 Å². The van der Waals surface area contributed by atoms with Gasteiger partial charge in [-0.3, -0.25) is 0 Å². The van der Waals surface area contributed by atoms with Crippen LogP contribution in [0.4, 0.5) is 0 Å². The third-order valence-electron chi connectivity index (χ3n) is 5.23. The number of rotatable bonds is 4. The van der Waals surface area contributed by atoms with Crippen molar-refractivity contribution in [3.8, 4) is 5.75 Å². The lowest BCUT2D eigenvalue weighted by Gasteiger charge is -2.44. The van der Waals surface area contributed by atoms with Gasteiger partial charge in [0.05, 0.1) is 0 Å². The molecule has 1 aromatic rings. The van der Waals surface area contributed by atoms with Crippen LogP contribution in [-0.4, -0.2) is 11.6 Å². The fourth-order valence-electron chi connectivity index (χ4n) is 3.86. The van der Waals surface area contributed by atoms with E-state index in [0.717, 1.165) is 36.8 Å². The molecule has 1 atom stereocenters. The summed E-state index contributed by atoms with van der Waals surface area (Å²) in [6.07, 6.45) is 3.89. The van der Waals surface area contributed by atoms with Gasteiger partial charge in [0.2, 0.25) is 0 Å². The van der Waals surface area contributed by atoms with Gasteiger partial charge in [0.15, 0.2) is 0 Å². The highest BCUT2D eigenvalue weighted by molar-refractivity contribution is 7.52. The smallest absolute Gasteiger partial charge is 0.373 e. The van der Waals surface area contributed by atoms with Crippen LogP contribution in [0.25, 0.3) is 0 Å². The number of hydrogen-bond donors (Lipinski definition) is 1. The molecule has 0 saturated heterocycles. The topological polar surface area (TPSA) is 46.5 Å². The summed E-state index contributed by atoms with van der Waals surface area (Å²) in [4.78, 5) is 9.78. The fraction of sp³-hybridized carbons (Fsp3) is 0.684. The lowest BCUT2D eigenvalue weighted by molar-refractivity contribution is 0.326. The molecule has 0 heterocycles. The molecule has 1 N–H and O–H groups in total. The Balaban J connectivity index is 2.84. The summed E-state index contributed by atoms with van der Waals surface area (Å²) in [6.45, 7) is 14.6. The third kappa shape index (κ3) is 3.51. The largest absolute Gasteiger partial charge is 0.424 e. The van der Waals surface area contributed by atoms with Gasteiger partial charge in [0.25, 0.3) is 0 Å². The summed E-state index contributed by atoms with van der Waals surface area (Å²) in [5.41, 5.74) is 5.08. The standard InChI is InChI=1S/C19H31O3P/c1-8-13-12-15-16(19(5,6)11-10-18(15,3)4)14(9-2)17(13)22-23(7,20)21/h12H,8-11H2,1-7H3,(H,20,21). The van der Waals surface area contributed by atoms with E-state index in [4.69, 9.17) is 4.52 Å². The van der Waals surface area contributed by atoms with Crippen LogP contribution in [0.2, 0.25) is 0 Å². The van der Waals surface area contributed by atoms with Crippen LogP contribution in [0.5, 0.6) is 5.75 Å². The predicted molar refractivity (Wildman–Crippen MR) is 96.9 cm³/mol. The minimum Gasteiger partial charge on any atom is -0.424 e. The quantitative estimate of drug-likeness (QED) is 0.752. The highest BCUT2D eigenvalue weighted by Gasteiger charge is 2.40. The van der Waals surface area contributed by atoms with Gasteiger partial charge in [-0.15, -0.1) is 0 Å². The van der Waals surface area contributed by atoms with E-state index in [2.05, 4.69) is 47.6 Å². The van der Waals surface area contributed by atoms with Crippen molar-refractivity contribution in [2.24, 2.45) is 0 Å². The summed E-state index contributed by atoms with van der Waals surface area (Å²) in [5, 5.41) is 0. The molecule has 0 spiro atoms. The van der Waals surface area contributed by atoms with Gasteiger partial charge in [-0.2, -0.15) is 0 Å². The molecule has 0 bridgehead atoms. The molecule has 0 radical (unpaired) electrons. The van der Waals surface area contributed by atoms with Crippen molar-refractivity contribution in [2.45, 2.75) is 78.1 Å². The maximum Gasteiger partial charge on any atom is 0.373 e. The van der Waals surface area contributed by atoms with Gasteiger partial charge in [-0.05, 0) is 58.8 Å². The van der Waals surface area contributed by atoms with Crippen molar-refractivity contribution >= 4 is 7.60 Å². The predicted octanol–water partition coefficient (Wildman–Crippen LogP) is 5.35. The lowest BCUT2D eigenvalue weighted by atomic mass is 9.61. The van der Waals surface area contributed by atoms with Gasteiger partial charge in [-0.25, -0.2) is 4.57 Å². The molecular weight excluding hydrogens is 307 g/mol. The van der Waals surface area contributed by atoms with Crippen molar-refractivity contribution in [3.05, 3.63) is 28.3 Å². The highest BCUT2D eigenvalue weighted by Crippen LogP contribution is 2.52. The lowest BCUT2D eigenvalue weighted by Crippen LogP contribution is -2.35. The Morgan fingerprint density at radius 2 is 1.70 bits per heavy atom. The maximum absolute atomic E-state index is 11.9. The summed E-state index contributed by atoms with van der Waals surface area (Å²) >= 11 is 0. The zero-order chi connectivity index (χ0) is 17.6. The summed E-state index contributed by atoms with van der Waals surface area (Å²) in [5.74, 6) is 0.646. The molecule has 2 rings (SSSR count). The van der Waals surface area contributed by atoms with Gasteiger partial charge >= 0.3 is 7.60 Å². The molecule has 1 aliphatic rings. The average molecular weight is 338 g/mol. The molecule has 1 aliphatic carbocycles. The summed E-state index contributed by atoms with van der Waals surface area (Å²) < 4.78 is 17.5. The van der Waals surface area contributed by atoms with E-state index < -0.39 is 7.60 Å². The van der Waals surface area contributed by atoms with Gasteiger partial charge in [0.1, 0.15) is 5.75 Å². The van der Waals surface area contributed by atoms with Crippen molar-refractivity contribution in [3.63, 3.8) is 0 Å².